The Hall–Kier alpha value is -2.60. The zero-order chi connectivity index (χ0) is 17.8. The second kappa shape index (κ2) is 7.53. The Balaban J connectivity index is 1.78. The number of carbonyl (C=O) groups is 1. The van der Waals surface area contributed by atoms with Crippen molar-refractivity contribution in [1.82, 2.24) is 14.5 Å². The highest BCUT2D eigenvalue weighted by molar-refractivity contribution is 7.98. The number of thioether (sulfide) groups is 1. The van der Waals surface area contributed by atoms with Crippen LogP contribution in [-0.4, -0.2) is 33.7 Å². The molecule has 0 unspecified atom stereocenters. The van der Waals surface area contributed by atoms with Crippen LogP contribution in [0, 0.1) is 5.82 Å². The lowest BCUT2D eigenvalue weighted by molar-refractivity contribution is 0.0777. The summed E-state index contributed by atoms with van der Waals surface area (Å²) in [5.74, 6) is -0.460. The largest absolute Gasteiger partial charge is 0.336 e. The number of nitrogens with zero attached hydrogens (tertiary/aromatic N) is 3. The van der Waals surface area contributed by atoms with Crippen LogP contribution in [0.1, 0.15) is 16.1 Å². The molecule has 0 bridgehead atoms. The minimum Gasteiger partial charge on any atom is -0.336 e. The maximum Gasteiger partial charge on any atom is 0.272 e. The summed E-state index contributed by atoms with van der Waals surface area (Å²) < 4.78 is 14.8. The predicted octanol–water partition coefficient (Wildman–Crippen LogP) is 4.01. The highest BCUT2D eigenvalue weighted by Gasteiger charge is 2.17. The van der Waals surface area contributed by atoms with E-state index in [-0.39, 0.29) is 11.7 Å². The molecule has 1 amide bonds. The van der Waals surface area contributed by atoms with Gasteiger partial charge in [0.05, 0.1) is 12.5 Å². The third kappa shape index (κ3) is 3.91. The molecule has 1 heterocycles. The van der Waals surface area contributed by atoms with Gasteiger partial charge in [0.15, 0.2) is 0 Å². The van der Waals surface area contributed by atoms with Gasteiger partial charge in [0.25, 0.3) is 5.91 Å². The predicted molar refractivity (Wildman–Crippen MR) is 97.5 cm³/mol. The number of imidazole rings is 1. The van der Waals surface area contributed by atoms with Gasteiger partial charge in [-0.25, -0.2) is 9.37 Å². The van der Waals surface area contributed by atoms with Crippen LogP contribution in [0.5, 0.6) is 0 Å². The average Bonchev–Trinajstić information content (AvgIpc) is 3.12. The van der Waals surface area contributed by atoms with Crippen molar-refractivity contribution in [3.05, 3.63) is 78.1 Å². The maximum atomic E-state index is 13.1. The SMILES string of the molecule is CSc1ccc(CN(C)C(=O)c2cncn2-c2ccc(F)cc2)cc1. The first-order valence-electron chi connectivity index (χ1n) is 7.75. The van der Waals surface area contributed by atoms with E-state index >= 15 is 0 Å². The number of amides is 1. The molecule has 0 saturated carbocycles. The molecule has 0 spiro atoms. The lowest BCUT2D eigenvalue weighted by Gasteiger charge is -2.18. The van der Waals surface area contributed by atoms with Gasteiger partial charge in [-0.3, -0.25) is 9.36 Å². The molecule has 0 aliphatic heterocycles. The molecule has 3 rings (SSSR count). The number of aromatic nitrogens is 2. The summed E-state index contributed by atoms with van der Waals surface area (Å²) >= 11 is 1.68. The van der Waals surface area contributed by atoms with Gasteiger partial charge in [-0.2, -0.15) is 0 Å². The summed E-state index contributed by atoms with van der Waals surface area (Å²) in [7, 11) is 1.76. The van der Waals surface area contributed by atoms with Crippen LogP contribution < -0.4 is 0 Å². The molecule has 0 fully saturated rings. The lowest BCUT2D eigenvalue weighted by Crippen LogP contribution is -2.28. The standard InChI is InChI=1S/C19H18FN3OS/c1-22(12-14-3-9-17(25-2)10-4-14)19(24)18-11-21-13-23(18)16-7-5-15(20)6-8-16/h3-11,13H,12H2,1-2H3. The summed E-state index contributed by atoms with van der Waals surface area (Å²) in [6.45, 7) is 0.502. The van der Waals surface area contributed by atoms with Gasteiger partial charge in [0.2, 0.25) is 0 Å². The number of rotatable bonds is 5. The van der Waals surface area contributed by atoms with Crippen molar-refractivity contribution in [3.8, 4) is 5.69 Å². The van der Waals surface area contributed by atoms with E-state index in [0.717, 1.165) is 5.56 Å². The maximum absolute atomic E-state index is 13.1. The van der Waals surface area contributed by atoms with Crippen LogP contribution in [-0.2, 0) is 6.54 Å². The highest BCUT2D eigenvalue weighted by Crippen LogP contribution is 2.17. The minimum absolute atomic E-state index is 0.143. The number of halogens is 1. The second-order valence-corrected chi connectivity index (χ2v) is 6.51. The van der Waals surface area contributed by atoms with Gasteiger partial charge < -0.3 is 4.90 Å². The van der Waals surface area contributed by atoms with Crippen molar-refractivity contribution >= 4 is 17.7 Å². The monoisotopic (exact) mass is 355 g/mol. The number of hydrogen-bond acceptors (Lipinski definition) is 3. The van der Waals surface area contributed by atoms with Crippen LogP contribution in [0.2, 0.25) is 0 Å². The molecule has 0 N–H and O–H groups in total. The Morgan fingerprint density at radius 3 is 2.48 bits per heavy atom. The Bertz CT molecular complexity index is 859. The van der Waals surface area contributed by atoms with Crippen molar-refractivity contribution in [2.75, 3.05) is 13.3 Å². The number of hydrogen-bond donors (Lipinski definition) is 0. The summed E-state index contributed by atoms with van der Waals surface area (Å²) in [6.07, 6.45) is 5.11. The smallest absolute Gasteiger partial charge is 0.272 e. The minimum atomic E-state index is -0.317. The molecule has 2 aromatic carbocycles. The summed E-state index contributed by atoms with van der Waals surface area (Å²) in [5.41, 5.74) is 2.19. The van der Waals surface area contributed by atoms with Crippen molar-refractivity contribution in [3.63, 3.8) is 0 Å². The van der Waals surface area contributed by atoms with Gasteiger partial charge in [0, 0.05) is 24.2 Å². The topological polar surface area (TPSA) is 38.1 Å². The van der Waals surface area contributed by atoms with E-state index in [1.807, 2.05) is 30.5 Å². The van der Waals surface area contributed by atoms with Crippen molar-refractivity contribution in [1.29, 1.82) is 0 Å². The molecule has 3 aromatic rings. The molecule has 0 radical (unpaired) electrons. The number of benzene rings is 2. The van der Waals surface area contributed by atoms with E-state index in [1.165, 1.54) is 23.2 Å². The van der Waals surface area contributed by atoms with Gasteiger partial charge >= 0.3 is 0 Å². The molecule has 0 atom stereocenters. The van der Waals surface area contributed by atoms with Crippen molar-refractivity contribution in [2.45, 2.75) is 11.4 Å². The Kier molecular flexibility index (Phi) is 5.19. The fraction of sp³-hybridized carbons (Fsp3) is 0.158. The van der Waals surface area contributed by atoms with Crippen LogP contribution in [0.3, 0.4) is 0 Å². The van der Waals surface area contributed by atoms with Crippen LogP contribution in [0.4, 0.5) is 4.39 Å². The zero-order valence-corrected chi connectivity index (χ0v) is 14.8. The van der Waals surface area contributed by atoms with Crippen molar-refractivity contribution < 1.29 is 9.18 Å². The van der Waals surface area contributed by atoms with Crippen LogP contribution in [0.25, 0.3) is 5.69 Å². The Labute approximate surface area is 150 Å². The van der Waals surface area contributed by atoms with Gasteiger partial charge in [-0.15, -0.1) is 11.8 Å². The van der Waals surface area contributed by atoms with E-state index < -0.39 is 0 Å². The van der Waals surface area contributed by atoms with E-state index in [1.54, 1.807) is 46.7 Å². The molecule has 0 aliphatic carbocycles. The Morgan fingerprint density at radius 2 is 1.84 bits per heavy atom. The lowest BCUT2D eigenvalue weighted by atomic mass is 10.2. The fourth-order valence-corrected chi connectivity index (χ4v) is 2.94. The fourth-order valence-electron chi connectivity index (χ4n) is 2.53. The van der Waals surface area contributed by atoms with E-state index in [9.17, 15) is 9.18 Å². The first-order chi connectivity index (χ1) is 12.1. The normalized spacial score (nSPS) is 10.7. The molecule has 0 aliphatic rings. The summed E-state index contributed by atoms with van der Waals surface area (Å²) in [5, 5.41) is 0. The number of carbonyl (C=O) groups excluding carboxylic acids is 1. The molecule has 4 nitrogen and oxygen atoms in total. The van der Waals surface area contributed by atoms with Gasteiger partial charge in [-0.05, 0) is 48.2 Å². The molecular formula is C19H18FN3OS. The molecule has 25 heavy (non-hydrogen) atoms. The van der Waals surface area contributed by atoms with Crippen molar-refractivity contribution in [2.24, 2.45) is 0 Å². The first kappa shape index (κ1) is 17.2. The molecule has 6 heteroatoms. The molecule has 1 aromatic heterocycles. The van der Waals surface area contributed by atoms with Crippen LogP contribution >= 0.6 is 11.8 Å². The van der Waals surface area contributed by atoms with E-state index in [2.05, 4.69) is 4.98 Å². The highest BCUT2D eigenvalue weighted by atomic mass is 32.2. The average molecular weight is 355 g/mol. The summed E-state index contributed by atoms with van der Waals surface area (Å²) in [6, 6.07) is 14.1. The Morgan fingerprint density at radius 1 is 1.16 bits per heavy atom. The van der Waals surface area contributed by atoms with Gasteiger partial charge in [-0.1, -0.05) is 12.1 Å². The van der Waals surface area contributed by atoms with E-state index in [0.29, 0.717) is 17.9 Å². The summed E-state index contributed by atoms with van der Waals surface area (Å²) in [4.78, 5) is 19.7. The quantitative estimate of drug-likeness (QED) is 0.649. The molecule has 128 valence electrons. The van der Waals surface area contributed by atoms with E-state index in [4.69, 9.17) is 0 Å². The van der Waals surface area contributed by atoms with Crippen LogP contribution in [0.15, 0.2) is 66.0 Å². The first-order valence-corrected chi connectivity index (χ1v) is 8.97. The third-order valence-corrected chi connectivity index (χ3v) is 4.63. The molecular weight excluding hydrogens is 337 g/mol. The van der Waals surface area contributed by atoms with Gasteiger partial charge in [0.1, 0.15) is 11.5 Å². The molecule has 0 saturated heterocycles. The zero-order valence-electron chi connectivity index (χ0n) is 14.0. The second-order valence-electron chi connectivity index (χ2n) is 5.63. The third-order valence-electron chi connectivity index (χ3n) is 3.89.